The third-order valence-corrected chi connectivity index (χ3v) is 1.21. The highest BCUT2D eigenvalue weighted by Crippen LogP contribution is 1.88. The normalized spacial score (nSPS) is 9.75. The van der Waals surface area contributed by atoms with E-state index in [1.165, 1.54) is 6.08 Å². The van der Waals surface area contributed by atoms with Crippen molar-refractivity contribution in [3.8, 4) is 0 Å². The lowest BCUT2D eigenvalue weighted by Gasteiger charge is -2.11. The summed E-state index contributed by atoms with van der Waals surface area (Å²) in [5.41, 5.74) is 0.877. The first kappa shape index (κ1) is 11.1. The zero-order chi connectivity index (χ0) is 9.56. The smallest absolute Gasteiger partial charge is 0.244 e. The first-order valence-electron chi connectivity index (χ1n) is 3.77. The van der Waals surface area contributed by atoms with Gasteiger partial charge in [0.2, 0.25) is 5.91 Å². The van der Waals surface area contributed by atoms with Crippen molar-refractivity contribution in [3.63, 3.8) is 0 Å². The quantitative estimate of drug-likeness (QED) is 0.498. The van der Waals surface area contributed by atoms with Crippen molar-refractivity contribution < 1.29 is 15.0 Å². The van der Waals surface area contributed by atoms with Gasteiger partial charge in [0.25, 0.3) is 0 Å². The minimum atomic E-state index is -0.562. The average molecular weight is 173 g/mol. The Morgan fingerprint density at radius 3 is 2.25 bits per heavy atom. The van der Waals surface area contributed by atoms with Crippen LogP contribution in [0, 0.1) is 0 Å². The fraction of sp³-hybridized carbons (Fsp3) is 0.625. The maximum absolute atomic E-state index is 11.0. The molecule has 0 aliphatic carbocycles. The third-order valence-electron chi connectivity index (χ3n) is 1.21. The number of aliphatic hydroxyl groups is 2. The topological polar surface area (TPSA) is 69.6 Å². The Kier molecular flexibility index (Phi) is 5.32. The van der Waals surface area contributed by atoms with Crippen molar-refractivity contribution in [2.75, 3.05) is 13.2 Å². The Bertz CT molecular complexity index is 169. The molecule has 0 saturated carbocycles. The fourth-order valence-electron chi connectivity index (χ4n) is 0.654. The largest absolute Gasteiger partial charge is 0.394 e. The van der Waals surface area contributed by atoms with Crippen LogP contribution in [0.1, 0.15) is 13.8 Å². The molecule has 0 aliphatic rings. The molecule has 3 N–H and O–H groups in total. The summed E-state index contributed by atoms with van der Waals surface area (Å²) >= 11 is 0. The molecule has 0 aliphatic heterocycles. The van der Waals surface area contributed by atoms with Gasteiger partial charge in [-0.05, 0) is 13.8 Å². The summed E-state index contributed by atoms with van der Waals surface area (Å²) in [6, 6.07) is -0.562. The van der Waals surface area contributed by atoms with Gasteiger partial charge in [0.15, 0.2) is 0 Å². The van der Waals surface area contributed by atoms with Gasteiger partial charge in [-0.15, -0.1) is 0 Å². The molecule has 0 aromatic heterocycles. The molecule has 0 rings (SSSR count). The molecule has 0 unspecified atom stereocenters. The van der Waals surface area contributed by atoms with Crippen molar-refractivity contribution in [1.82, 2.24) is 5.32 Å². The lowest BCUT2D eigenvalue weighted by atomic mass is 10.3. The second-order valence-electron chi connectivity index (χ2n) is 2.79. The number of amides is 1. The van der Waals surface area contributed by atoms with E-state index in [4.69, 9.17) is 10.2 Å². The molecule has 4 nitrogen and oxygen atoms in total. The van der Waals surface area contributed by atoms with Crippen molar-refractivity contribution in [2.24, 2.45) is 0 Å². The second kappa shape index (κ2) is 5.74. The van der Waals surface area contributed by atoms with Crippen LogP contribution in [-0.2, 0) is 4.79 Å². The summed E-state index contributed by atoms with van der Waals surface area (Å²) in [7, 11) is 0. The van der Waals surface area contributed by atoms with Gasteiger partial charge in [-0.2, -0.15) is 0 Å². The Hall–Kier alpha value is -0.870. The number of carbonyl (C=O) groups is 1. The summed E-state index contributed by atoms with van der Waals surface area (Å²) in [6.45, 7) is 3.09. The summed E-state index contributed by atoms with van der Waals surface area (Å²) in [5, 5.41) is 19.7. The molecule has 0 aromatic carbocycles. The molecule has 70 valence electrons. The minimum Gasteiger partial charge on any atom is -0.394 e. The molecule has 0 bridgehead atoms. The van der Waals surface area contributed by atoms with E-state index in [1.54, 1.807) is 13.8 Å². The van der Waals surface area contributed by atoms with Gasteiger partial charge in [-0.3, -0.25) is 4.79 Å². The summed E-state index contributed by atoms with van der Waals surface area (Å²) in [5.74, 6) is -0.289. The lowest BCUT2D eigenvalue weighted by Crippen LogP contribution is -2.39. The number of hydrogen-bond donors (Lipinski definition) is 3. The summed E-state index contributed by atoms with van der Waals surface area (Å²) < 4.78 is 0. The zero-order valence-electron chi connectivity index (χ0n) is 7.37. The molecule has 12 heavy (non-hydrogen) atoms. The second-order valence-corrected chi connectivity index (χ2v) is 2.79. The summed E-state index contributed by atoms with van der Waals surface area (Å²) in [6.07, 6.45) is 1.42. The molecule has 0 spiro atoms. The zero-order valence-corrected chi connectivity index (χ0v) is 7.37. The molecular weight excluding hydrogens is 158 g/mol. The van der Waals surface area contributed by atoms with E-state index in [-0.39, 0.29) is 19.1 Å². The van der Waals surface area contributed by atoms with E-state index >= 15 is 0 Å². The minimum absolute atomic E-state index is 0.251. The van der Waals surface area contributed by atoms with Crippen molar-refractivity contribution in [3.05, 3.63) is 11.6 Å². The summed E-state index contributed by atoms with van der Waals surface area (Å²) in [4.78, 5) is 11.0. The Morgan fingerprint density at radius 1 is 1.42 bits per heavy atom. The van der Waals surface area contributed by atoms with E-state index in [0.717, 1.165) is 5.57 Å². The lowest BCUT2D eigenvalue weighted by molar-refractivity contribution is -0.117. The number of hydrogen-bond acceptors (Lipinski definition) is 3. The van der Waals surface area contributed by atoms with Gasteiger partial charge in [-0.25, -0.2) is 0 Å². The van der Waals surface area contributed by atoms with Gasteiger partial charge in [-0.1, -0.05) is 5.57 Å². The molecule has 0 radical (unpaired) electrons. The fourth-order valence-corrected chi connectivity index (χ4v) is 0.654. The molecular formula is C8H15NO3. The SMILES string of the molecule is CC(C)=CC(=O)NC(CO)CO. The van der Waals surface area contributed by atoms with E-state index < -0.39 is 6.04 Å². The van der Waals surface area contributed by atoms with Crippen LogP contribution in [0.2, 0.25) is 0 Å². The van der Waals surface area contributed by atoms with Crippen LogP contribution >= 0.6 is 0 Å². The van der Waals surface area contributed by atoms with Crippen LogP contribution in [0.25, 0.3) is 0 Å². The van der Waals surface area contributed by atoms with E-state index in [2.05, 4.69) is 5.32 Å². The third kappa shape index (κ3) is 4.87. The van der Waals surface area contributed by atoms with Crippen LogP contribution in [0.15, 0.2) is 11.6 Å². The van der Waals surface area contributed by atoms with Crippen LogP contribution in [0.4, 0.5) is 0 Å². The Balaban J connectivity index is 3.90. The monoisotopic (exact) mass is 173 g/mol. The van der Waals surface area contributed by atoms with Crippen LogP contribution in [-0.4, -0.2) is 35.4 Å². The standard InChI is InChI=1S/C8H15NO3/c1-6(2)3-8(12)9-7(4-10)5-11/h3,7,10-11H,4-5H2,1-2H3,(H,9,12). The maximum atomic E-state index is 11.0. The van der Waals surface area contributed by atoms with E-state index in [1.807, 2.05) is 0 Å². The van der Waals surface area contributed by atoms with Gasteiger partial charge >= 0.3 is 0 Å². The maximum Gasteiger partial charge on any atom is 0.244 e. The number of allylic oxidation sites excluding steroid dienone is 1. The van der Waals surface area contributed by atoms with Crippen LogP contribution in [0.3, 0.4) is 0 Å². The van der Waals surface area contributed by atoms with Gasteiger partial charge in [0.1, 0.15) is 0 Å². The van der Waals surface area contributed by atoms with E-state index in [9.17, 15) is 4.79 Å². The predicted octanol–water partition coefficient (Wildman–Crippen LogP) is -0.578. The molecule has 0 atom stereocenters. The first-order valence-corrected chi connectivity index (χ1v) is 3.77. The molecule has 0 fully saturated rings. The van der Waals surface area contributed by atoms with Crippen LogP contribution < -0.4 is 5.32 Å². The molecule has 0 saturated heterocycles. The predicted molar refractivity (Wildman–Crippen MR) is 45.5 cm³/mol. The molecule has 0 heterocycles. The first-order chi connectivity index (χ1) is 5.60. The molecule has 0 aromatic rings. The number of aliphatic hydroxyl groups excluding tert-OH is 2. The highest BCUT2D eigenvalue weighted by molar-refractivity contribution is 5.88. The highest BCUT2D eigenvalue weighted by Gasteiger charge is 2.06. The highest BCUT2D eigenvalue weighted by atomic mass is 16.3. The number of nitrogens with one attached hydrogen (secondary N) is 1. The molecule has 4 heteroatoms. The Labute approximate surface area is 71.9 Å². The van der Waals surface area contributed by atoms with Gasteiger partial charge in [0, 0.05) is 6.08 Å². The number of carbonyl (C=O) groups excluding carboxylic acids is 1. The van der Waals surface area contributed by atoms with Crippen molar-refractivity contribution in [2.45, 2.75) is 19.9 Å². The van der Waals surface area contributed by atoms with Crippen molar-refractivity contribution >= 4 is 5.91 Å². The Morgan fingerprint density at radius 2 is 1.92 bits per heavy atom. The van der Waals surface area contributed by atoms with Gasteiger partial charge < -0.3 is 15.5 Å². The van der Waals surface area contributed by atoms with Gasteiger partial charge in [0.05, 0.1) is 19.3 Å². The number of rotatable bonds is 4. The average Bonchev–Trinajstić information content (AvgIpc) is 1.98. The van der Waals surface area contributed by atoms with Crippen LogP contribution in [0.5, 0.6) is 0 Å². The van der Waals surface area contributed by atoms with Crippen molar-refractivity contribution in [1.29, 1.82) is 0 Å². The molecule has 1 amide bonds. The van der Waals surface area contributed by atoms with E-state index in [0.29, 0.717) is 0 Å².